The zero-order valence-electron chi connectivity index (χ0n) is 11.3. The van der Waals surface area contributed by atoms with Crippen LogP contribution in [0.4, 0.5) is 5.69 Å². The van der Waals surface area contributed by atoms with Gasteiger partial charge in [-0.3, -0.25) is 4.79 Å². The Labute approximate surface area is 116 Å². The SMILES string of the molecule is COC(=O)c1ccc(N2C(=O)[C@@H]3C=C[C@@H]2C3)cc1OC. The highest BCUT2D eigenvalue weighted by atomic mass is 16.5. The van der Waals surface area contributed by atoms with Crippen molar-refractivity contribution in [3.8, 4) is 5.75 Å². The Kier molecular flexibility index (Phi) is 2.97. The second-order valence-corrected chi connectivity index (χ2v) is 4.88. The van der Waals surface area contributed by atoms with E-state index >= 15 is 0 Å². The summed E-state index contributed by atoms with van der Waals surface area (Å²) in [4.78, 5) is 25.6. The number of esters is 1. The van der Waals surface area contributed by atoms with Gasteiger partial charge in [0.15, 0.2) is 0 Å². The fourth-order valence-corrected chi connectivity index (χ4v) is 2.82. The van der Waals surface area contributed by atoms with Gasteiger partial charge in [-0.15, -0.1) is 0 Å². The fraction of sp³-hybridized carbons (Fsp3) is 0.333. The topological polar surface area (TPSA) is 55.8 Å². The van der Waals surface area contributed by atoms with E-state index in [0.717, 1.165) is 12.1 Å². The molecule has 5 heteroatoms. The molecule has 3 rings (SSSR count). The summed E-state index contributed by atoms with van der Waals surface area (Å²) in [5.74, 6) is 0.0492. The molecule has 0 saturated carbocycles. The number of anilines is 1. The number of fused-ring (bicyclic) bond motifs is 2. The van der Waals surface area contributed by atoms with E-state index in [9.17, 15) is 9.59 Å². The molecular weight excluding hydrogens is 258 g/mol. The molecule has 104 valence electrons. The van der Waals surface area contributed by atoms with E-state index in [-0.39, 0.29) is 17.9 Å². The first kappa shape index (κ1) is 12.7. The van der Waals surface area contributed by atoms with E-state index in [1.54, 1.807) is 23.1 Å². The summed E-state index contributed by atoms with van der Waals surface area (Å²) in [6, 6.07) is 5.20. The average molecular weight is 273 g/mol. The van der Waals surface area contributed by atoms with Crippen molar-refractivity contribution in [1.29, 1.82) is 0 Å². The van der Waals surface area contributed by atoms with Crippen LogP contribution in [0.2, 0.25) is 0 Å². The van der Waals surface area contributed by atoms with Crippen molar-refractivity contribution in [2.24, 2.45) is 5.92 Å². The minimum absolute atomic E-state index is 0.00808. The zero-order valence-corrected chi connectivity index (χ0v) is 11.3. The summed E-state index contributed by atoms with van der Waals surface area (Å²) in [5.41, 5.74) is 1.10. The number of hydrogen-bond acceptors (Lipinski definition) is 4. The molecule has 2 atom stereocenters. The van der Waals surface area contributed by atoms with Gasteiger partial charge in [0.25, 0.3) is 0 Å². The summed E-state index contributed by atoms with van der Waals surface area (Å²) < 4.78 is 9.93. The summed E-state index contributed by atoms with van der Waals surface area (Å²) in [7, 11) is 2.81. The van der Waals surface area contributed by atoms with Gasteiger partial charge < -0.3 is 14.4 Å². The standard InChI is InChI=1S/C15H15NO4/c1-19-13-8-11(5-6-12(13)15(18)20-2)16-10-4-3-9(7-10)14(16)17/h3-6,8-10H,7H2,1-2H3/t9-,10-/m1/s1. The Morgan fingerprint density at radius 3 is 2.70 bits per heavy atom. The molecule has 1 saturated heterocycles. The van der Waals surface area contributed by atoms with Crippen LogP contribution in [0.5, 0.6) is 5.75 Å². The van der Waals surface area contributed by atoms with Crippen molar-refractivity contribution < 1.29 is 19.1 Å². The third-order valence-electron chi connectivity index (χ3n) is 3.82. The van der Waals surface area contributed by atoms with Crippen LogP contribution < -0.4 is 9.64 Å². The number of nitrogens with zero attached hydrogens (tertiary/aromatic N) is 1. The zero-order chi connectivity index (χ0) is 14.3. The molecule has 0 aromatic heterocycles. The maximum atomic E-state index is 12.2. The first-order valence-corrected chi connectivity index (χ1v) is 6.43. The summed E-state index contributed by atoms with van der Waals surface area (Å²) in [6.45, 7) is 0. The molecule has 0 unspecified atom stereocenters. The largest absolute Gasteiger partial charge is 0.496 e. The van der Waals surface area contributed by atoms with Crippen molar-refractivity contribution in [3.05, 3.63) is 35.9 Å². The van der Waals surface area contributed by atoms with Crippen LogP contribution in [0.25, 0.3) is 0 Å². The predicted molar refractivity (Wildman–Crippen MR) is 72.9 cm³/mol. The molecule has 20 heavy (non-hydrogen) atoms. The van der Waals surface area contributed by atoms with Crippen LogP contribution in [-0.2, 0) is 9.53 Å². The number of benzene rings is 1. The van der Waals surface area contributed by atoms with Gasteiger partial charge in [0.2, 0.25) is 5.91 Å². The third kappa shape index (κ3) is 1.78. The molecule has 0 N–H and O–H groups in total. The highest BCUT2D eigenvalue weighted by Crippen LogP contribution is 2.38. The van der Waals surface area contributed by atoms with Crippen LogP contribution in [0.1, 0.15) is 16.8 Å². The van der Waals surface area contributed by atoms with Crippen molar-refractivity contribution in [2.45, 2.75) is 12.5 Å². The highest BCUT2D eigenvalue weighted by Gasteiger charge is 2.41. The first-order chi connectivity index (χ1) is 9.65. The molecular formula is C15H15NO4. The first-order valence-electron chi connectivity index (χ1n) is 6.43. The molecule has 1 heterocycles. The van der Waals surface area contributed by atoms with E-state index in [0.29, 0.717) is 11.3 Å². The van der Waals surface area contributed by atoms with Gasteiger partial charge in [0.05, 0.1) is 26.2 Å². The molecule has 0 spiro atoms. The molecule has 2 aliphatic rings. The Balaban J connectivity index is 1.98. The molecule has 5 nitrogen and oxygen atoms in total. The smallest absolute Gasteiger partial charge is 0.341 e. The number of carbonyl (C=O) groups excluding carboxylic acids is 2. The van der Waals surface area contributed by atoms with E-state index in [2.05, 4.69) is 0 Å². The Bertz CT molecular complexity index is 608. The molecule has 1 amide bonds. The van der Waals surface area contributed by atoms with E-state index in [4.69, 9.17) is 9.47 Å². The minimum atomic E-state index is -0.456. The molecule has 1 aliphatic carbocycles. The van der Waals surface area contributed by atoms with Gasteiger partial charge >= 0.3 is 5.97 Å². The second kappa shape index (κ2) is 4.67. The maximum absolute atomic E-state index is 12.2. The lowest BCUT2D eigenvalue weighted by Gasteiger charge is -2.25. The lowest BCUT2D eigenvalue weighted by Crippen LogP contribution is -2.34. The van der Waals surface area contributed by atoms with Crippen LogP contribution in [0.3, 0.4) is 0 Å². The minimum Gasteiger partial charge on any atom is -0.496 e. The monoisotopic (exact) mass is 273 g/mol. The summed E-state index contributed by atoms with van der Waals surface area (Å²) >= 11 is 0. The normalized spacial score (nSPS) is 23.3. The highest BCUT2D eigenvalue weighted by molar-refractivity contribution is 6.02. The summed E-state index contributed by atoms with van der Waals surface area (Å²) in [5, 5.41) is 0. The summed E-state index contributed by atoms with van der Waals surface area (Å²) in [6.07, 6.45) is 4.84. The van der Waals surface area contributed by atoms with Crippen LogP contribution in [0, 0.1) is 5.92 Å². The Morgan fingerprint density at radius 2 is 2.10 bits per heavy atom. The van der Waals surface area contributed by atoms with Gasteiger partial charge in [0, 0.05) is 11.8 Å². The number of ether oxygens (including phenoxy) is 2. The van der Waals surface area contributed by atoms with Gasteiger partial charge in [0.1, 0.15) is 11.3 Å². The van der Waals surface area contributed by atoms with Crippen molar-refractivity contribution in [2.75, 3.05) is 19.1 Å². The van der Waals surface area contributed by atoms with Crippen LogP contribution in [0.15, 0.2) is 30.4 Å². The number of amides is 1. The number of hydrogen-bond donors (Lipinski definition) is 0. The third-order valence-corrected chi connectivity index (χ3v) is 3.82. The van der Waals surface area contributed by atoms with Gasteiger partial charge in [-0.05, 0) is 18.6 Å². The van der Waals surface area contributed by atoms with E-state index in [1.807, 2.05) is 12.2 Å². The molecule has 2 bridgehead atoms. The number of carbonyl (C=O) groups is 2. The fourth-order valence-electron chi connectivity index (χ4n) is 2.82. The van der Waals surface area contributed by atoms with Gasteiger partial charge in [-0.25, -0.2) is 4.79 Å². The lowest BCUT2D eigenvalue weighted by molar-refractivity contribution is -0.119. The lowest BCUT2D eigenvalue weighted by atomic mass is 10.1. The molecule has 1 fully saturated rings. The molecule has 1 aromatic carbocycles. The van der Waals surface area contributed by atoms with Crippen LogP contribution >= 0.6 is 0 Å². The number of methoxy groups -OCH3 is 2. The van der Waals surface area contributed by atoms with E-state index in [1.165, 1.54) is 14.2 Å². The van der Waals surface area contributed by atoms with Crippen molar-refractivity contribution >= 4 is 17.6 Å². The Morgan fingerprint density at radius 1 is 1.30 bits per heavy atom. The maximum Gasteiger partial charge on any atom is 0.341 e. The predicted octanol–water partition coefficient (Wildman–Crippen LogP) is 1.77. The van der Waals surface area contributed by atoms with Gasteiger partial charge in [-0.1, -0.05) is 12.2 Å². The quantitative estimate of drug-likeness (QED) is 0.622. The molecule has 0 radical (unpaired) electrons. The molecule has 1 aromatic rings. The van der Waals surface area contributed by atoms with Crippen molar-refractivity contribution in [1.82, 2.24) is 0 Å². The van der Waals surface area contributed by atoms with E-state index < -0.39 is 5.97 Å². The number of rotatable bonds is 3. The second-order valence-electron chi connectivity index (χ2n) is 4.88. The average Bonchev–Trinajstić information content (AvgIpc) is 3.06. The van der Waals surface area contributed by atoms with Crippen LogP contribution in [-0.4, -0.2) is 32.1 Å². The van der Waals surface area contributed by atoms with Crippen molar-refractivity contribution in [3.63, 3.8) is 0 Å². The van der Waals surface area contributed by atoms with Gasteiger partial charge in [-0.2, -0.15) is 0 Å². The molecule has 1 aliphatic heterocycles. The Hall–Kier alpha value is -2.30.